The van der Waals surface area contributed by atoms with Crippen LogP contribution >= 0.6 is 0 Å². The molecule has 1 saturated heterocycles. The lowest BCUT2D eigenvalue weighted by molar-refractivity contribution is -0.115. The summed E-state index contributed by atoms with van der Waals surface area (Å²) in [5, 5.41) is 2.87. The van der Waals surface area contributed by atoms with E-state index in [-0.39, 0.29) is 5.91 Å². The summed E-state index contributed by atoms with van der Waals surface area (Å²) in [5.41, 5.74) is 3.47. The van der Waals surface area contributed by atoms with Crippen LogP contribution in [0.1, 0.15) is 17.5 Å². The van der Waals surface area contributed by atoms with Crippen LogP contribution in [0.25, 0.3) is 0 Å². The SMILES string of the molecule is O=C1Cc2c(CC[C@@H]3CO3)cccc2N1. The molecule has 0 spiro atoms. The zero-order valence-electron chi connectivity index (χ0n) is 8.45. The van der Waals surface area contributed by atoms with Crippen molar-refractivity contribution in [3.63, 3.8) is 0 Å². The van der Waals surface area contributed by atoms with Gasteiger partial charge in [-0.25, -0.2) is 0 Å². The lowest BCUT2D eigenvalue weighted by atomic mass is 10.00. The third kappa shape index (κ3) is 1.75. The molecule has 3 rings (SSSR count). The van der Waals surface area contributed by atoms with E-state index in [0.29, 0.717) is 12.5 Å². The van der Waals surface area contributed by atoms with Gasteiger partial charge in [-0.05, 0) is 30.0 Å². The maximum absolute atomic E-state index is 11.3. The number of anilines is 1. The first-order chi connectivity index (χ1) is 7.33. The van der Waals surface area contributed by atoms with Crippen molar-refractivity contribution >= 4 is 11.6 Å². The van der Waals surface area contributed by atoms with Crippen LogP contribution in [0.15, 0.2) is 18.2 Å². The molecule has 0 aliphatic carbocycles. The Morgan fingerprint density at radius 1 is 1.47 bits per heavy atom. The molecular weight excluding hydrogens is 190 g/mol. The quantitative estimate of drug-likeness (QED) is 0.756. The van der Waals surface area contributed by atoms with Crippen molar-refractivity contribution in [1.29, 1.82) is 0 Å². The van der Waals surface area contributed by atoms with E-state index in [1.54, 1.807) is 0 Å². The fourth-order valence-electron chi connectivity index (χ4n) is 2.10. The van der Waals surface area contributed by atoms with E-state index < -0.39 is 0 Å². The molecule has 1 fully saturated rings. The molecule has 78 valence electrons. The third-order valence-corrected chi connectivity index (χ3v) is 3.02. The number of nitrogens with one attached hydrogen (secondary N) is 1. The first-order valence-electron chi connectivity index (χ1n) is 5.35. The normalized spacial score (nSPS) is 22.4. The van der Waals surface area contributed by atoms with Crippen molar-refractivity contribution in [1.82, 2.24) is 0 Å². The zero-order valence-corrected chi connectivity index (χ0v) is 8.45. The lowest BCUT2D eigenvalue weighted by Crippen LogP contribution is -2.03. The number of rotatable bonds is 3. The number of amides is 1. The highest BCUT2D eigenvalue weighted by Crippen LogP contribution is 2.28. The molecule has 0 unspecified atom stereocenters. The smallest absolute Gasteiger partial charge is 0.228 e. The molecule has 0 aromatic heterocycles. The Morgan fingerprint density at radius 2 is 2.33 bits per heavy atom. The predicted octanol–water partition coefficient (Wildman–Crippen LogP) is 1.51. The second-order valence-electron chi connectivity index (χ2n) is 4.16. The van der Waals surface area contributed by atoms with E-state index in [0.717, 1.165) is 25.1 Å². The van der Waals surface area contributed by atoms with Crippen molar-refractivity contribution in [2.24, 2.45) is 0 Å². The number of hydrogen-bond acceptors (Lipinski definition) is 2. The number of benzene rings is 1. The van der Waals surface area contributed by atoms with Gasteiger partial charge in [0.1, 0.15) is 0 Å². The maximum atomic E-state index is 11.3. The van der Waals surface area contributed by atoms with Gasteiger partial charge in [0.25, 0.3) is 0 Å². The average Bonchev–Trinajstić information content (AvgIpc) is 2.96. The van der Waals surface area contributed by atoms with Crippen molar-refractivity contribution in [2.45, 2.75) is 25.4 Å². The number of carbonyl (C=O) groups excluding carboxylic acids is 1. The zero-order chi connectivity index (χ0) is 10.3. The Kier molecular flexibility index (Phi) is 1.99. The fraction of sp³-hybridized carbons (Fsp3) is 0.417. The molecule has 2 heterocycles. The van der Waals surface area contributed by atoms with E-state index in [4.69, 9.17) is 4.74 Å². The highest BCUT2D eigenvalue weighted by Gasteiger charge is 2.24. The molecule has 1 atom stereocenters. The van der Waals surface area contributed by atoms with Crippen LogP contribution in [0.4, 0.5) is 5.69 Å². The predicted molar refractivity (Wildman–Crippen MR) is 56.8 cm³/mol. The molecule has 1 aromatic carbocycles. The fourth-order valence-corrected chi connectivity index (χ4v) is 2.10. The van der Waals surface area contributed by atoms with Gasteiger partial charge in [0.15, 0.2) is 0 Å². The summed E-state index contributed by atoms with van der Waals surface area (Å²) in [4.78, 5) is 11.3. The highest BCUT2D eigenvalue weighted by atomic mass is 16.6. The molecule has 15 heavy (non-hydrogen) atoms. The molecule has 2 aliphatic heterocycles. The number of epoxide rings is 1. The Labute approximate surface area is 88.4 Å². The van der Waals surface area contributed by atoms with Gasteiger partial charge in [-0.15, -0.1) is 0 Å². The van der Waals surface area contributed by atoms with Gasteiger partial charge in [-0.2, -0.15) is 0 Å². The second kappa shape index (κ2) is 3.35. The van der Waals surface area contributed by atoms with E-state index in [1.165, 1.54) is 11.1 Å². The van der Waals surface area contributed by atoms with Crippen LogP contribution in [-0.4, -0.2) is 18.6 Å². The number of carbonyl (C=O) groups is 1. The molecule has 1 aromatic rings. The minimum Gasteiger partial charge on any atom is -0.373 e. The Balaban J connectivity index is 1.81. The van der Waals surface area contributed by atoms with Crippen molar-refractivity contribution in [2.75, 3.05) is 11.9 Å². The maximum Gasteiger partial charge on any atom is 0.228 e. The number of hydrogen-bond donors (Lipinski definition) is 1. The van der Waals surface area contributed by atoms with Gasteiger partial charge in [0, 0.05) is 5.69 Å². The van der Waals surface area contributed by atoms with Crippen LogP contribution in [0.5, 0.6) is 0 Å². The van der Waals surface area contributed by atoms with E-state index in [9.17, 15) is 4.79 Å². The van der Waals surface area contributed by atoms with Gasteiger partial charge in [0.05, 0.1) is 19.1 Å². The standard InChI is InChI=1S/C12H13NO2/c14-12-6-10-8(4-5-9-7-15-9)2-1-3-11(10)13-12/h1-3,9H,4-7H2,(H,13,14)/t9-/m1/s1. The minimum absolute atomic E-state index is 0.111. The molecule has 1 amide bonds. The number of ether oxygens (including phenoxy) is 1. The molecule has 0 radical (unpaired) electrons. The lowest BCUT2D eigenvalue weighted by Gasteiger charge is -2.05. The molecule has 0 saturated carbocycles. The van der Waals surface area contributed by atoms with Gasteiger partial charge in [0.2, 0.25) is 5.91 Å². The highest BCUT2D eigenvalue weighted by molar-refractivity contribution is 5.99. The summed E-state index contributed by atoms with van der Waals surface area (Å²) in [7, 11) is 0. The average molecular weight is 203 g/mol. The first-order valence-corrected chi connectivity index (χ1v) is 5.35. The Bertz CT molecular complexity index is 410. The van der Waals surface area contributed by atoms with Crippen molar-refractivity contribution < 1.29 is 9.53 Å². The summed E-state index contributed by atoms with van der Waals surface area (Å²) in [6, 6.07) is 6.09. The second-order valence-corrected chi connectivity index (χ2v) is 4.16. The van der Waals surface area contributed by atoms with Crippen LogP contribution in [0, 0.1) is 0 Å². The summed E-state index contributed by atoms with van der Waals surface area (Å²) in [6.07, 6.45) is 3.09. The van der Waals surface area contributed by atoms with E-state index >= 15 is 0 Å². The third-order valence-electron chi connectivity index (χ3n) is 3.02. The first kappa shape index (κ1) is 8.92. The number of aryl methyl sites for hydroxylation is 1. The van der Waals surface area contributed by atoms with Crippen molar-refractivity contribution in [3.05, 3.63) is 29.3 Å². The molecule has 0 bridgehead atoms. The Hall–Kier alpha value is -1.35. The molecule has 1 N–H and O–H groups in total. The van der Waals surface area contributed by atoms with Gasteiger partial charge >= 0.3 is 0 Å². The minimum atomic E-state index is 0.111. The van der Waals surface area contributed by atoms with Crippen LogP contribution in [0.2, 0.25) is 0 Å². The van der Waals surface area contributed by atoms with E-state index in [2.05, 4.69) is 11.4 Å². The molecule has 3 nitrogen and oxygen atoms in total. The number of fused-ring (bicyclic) bond motifs is 1. The summed E-state index contributed by atoms with van der Waals surface area (Å²) < 4.78 is 5.19. The van der Waals surface area contributed by atoms with Gasteiger partial charge in [-0.3, -0.25) is 4.79 Å². The summed E-state index contributed by atoms with van der Waals surface area (Å²) in [5.74, 6) is 0.111. The molecule has 2 aliphatic rings. The summed E-state index contributed by atoms with van der Waals surface area (Å²) in [6.45, 7) is 0.909. The van der Waals surface area contributed by atoms with Gasteiger partial charge in [-0.1, -0.05) is 12.1 Å². The monoisotopic (exact) mass is 203 g/mol. The van der Waals surface area contributed by atoms with Crippen LogP contribution in [0.3, 0.4) is 0 Å². The summed E-state index contributed by atoms with van der Waals surface area (Å²) >= 11 is 0. The van der Waals surface area contributed by atoms with Crippen molar-refractivity contribution in [3.8, 4) is 0 Å². The van der Waals surface area contributed by atoms with Crippen LogP contribution in [-0.2, 0) is 22.4 Å². The molecule has 3 heteroatoms. The topological polar surface area (TPSA) is 41.6 Å². The Morgan fingerprint density at radius 3 is 3.13 bits per heavy atom. The van der Waals surface area contributed by atoms with Gasteiger partial charge < -0.3 is 10.1 Å². The molecular formula is C12H13NO2. The largest absolute Gasteiger partial charge is 0.373 e. The van der Waals surface area contributed by atoms with E-state index in [1.807, 2.05) is 12.1 Å². The van der Waals surface area contributed by atoms with Crippen LogP contribution < -0.4 is 5.32 Å².